The first-order chi connectivity index (χ1) is 12.5. The van der Waals surface area contributed by atoms with Crippen LogP contribution in [0.5, 0.6) is 0 Å². The van der Waals surface area contributed by atoms with E-state index in [1.54, 1.807) is 4.90 Å². The maximum Gasteiger partial charge on any atom is 0.231 e. The van der Waals surface area contributed by atoms with Gasteiger partial charge in [0.15, 0.2) is 0 Å². The van der Waals surface area contributed by atoms with Crippen LogP contribution in [-0.2, 0) is 11.3 Å². The number of carbonyl (C=O) groups is 1. The monoisotopic (exact) mass is 355 g/mol. The Balaban J connectivity index is 1.44. The molecular formula is C19H27N6O+. The van der Waals surface area contributed by atoms with Crippen molar-refractivity contribution in [2.75, 3.05) is 32.9 Å². The topological polar surface area (TPSA) is 81.5 Å². The zero-order chi connectivity index (χ0) is 18.3. The Kier molecular flexibility index (Phi) is 4.40. The fraction of sp³-hybridized carbons (Fsp3) is 0.526. The van der Waals surface area contributed by atoms with Crippen LogP contribution in [0, 0.1) is 11.8 Å². The van der Waals surface area contributed by atoms with E-state index in [2.05, 4.69) is 10.3 Å². The average Bonchev–Trinajstić information content (AvgIpc) is 3.10. The quantitative estimate of drug-likeness (QED) is 0.751. The molecule has 4 atom stereocenters. The summed E-state index contributed by atoms with van der Waals surface area (Å²) in [5, 5.41) is 8.63. The van der Waals surface area contributed by atoms with Gasteiger partial charge in [-0.15, -0.1) is 5.10 Å². The molecule has 0 saturated carbocycles. The van der Waals surface area contributed by atoms with Gasteiger partial charge in [-0.05, 0) is 18.1 Å². The van der Waals surface area contributed by atoms with Crippen LogP contribution in [0.25, 0.3) is 11.3 Å². The number of nitrogens with one attached hydrogen (secondary N) is 1. The summed E-state index contributed by atoms with van der Waals surface area (Å²) >= 11 is 0. The van der Waals surface area contributed by atoms with Gasteiger partial charge in [0.25, 0.3) is 0 Å². The van der Waals surface area contributed by atoms with Crippen LogP contribution >= 0.6 is 0 Å². The normalized spacial score (nSPS) is 27.5. The molecule has 1 amide bonds. The lowest BCUT2D eigenvalue weighted by Crippen LogP contribution is -3.20. The molecule has 26 heavy (non-hydrogen) atoms. The zero-order valence-corrected chi connectivity index (χ0v) is 15.4. The molecule has 3 N–H and O–H groups in total. The molecule has 7 nitrogen and oxygen atoms in total. The second-order valence-corrected chi connectivity index (χ2v) is 7.88. The van der Waals surface area contributed by atoms with Crippen molar-refractivity contribution in [1.82, 2.24) is 19.9 Å². The van der Waals surface area contributed by atoms with Crippen LogP contribution in [-0.4, -0.2) is 59.0 Å². The molecule has 4 heterocycles. The van der Waals surface area contributed by atoms with Crippen molar-refractivity contribution in [1.29, 1.82) is 0 Å². The van der Waals surface area contributed by atoms with Crippen LogP contribution < -0.4 is 10.6 Å². The van der Waals surface area contributed by atoms with E-state index >= 15 is 0 Å². The molecule has 0 radical (unpaired) electrons. The fourth-order valence-corrected chi connectivity index (χ4v) is 4.58. The number of nitrogens with zero attached hydrogens (tertiary/aromatic N) is 4. The summed E-state index contributed by atoms with van der Waals surface area (Å²) in [6, 6.07) is 8.23. The van der Waals surface area contributed by atoms with Crippen LogP contribution in [0.4, 0.5) is 5.69 Å². The molecule has 138 valence electrons. The molecule has 2 bridgehead atoms. The summed E-state index contributed by atoms with van der Waals surface area (Å²) < 4.78 is 1.94. The second-order valence-electron chi connectivity index (χ2n) is 7.88. The minimum Gasteiger partial charge on any atom is -0.399 e. The van der Waals surface area contributed by atoms with E-state index in [9.17, 15) is 4.79 Å². The van der Waals surface area contributed by atoms with Crippen molar-refractivity contribution < 1.29 is 9.69 Å². The molecule has 0 spiro atoms. The summed E-state index contributed by atoms with van der Waals surface area (Å²) in [6.45, 7) is 2.95. The van der Waals surface area contributed by atoms with E-state index in [-0.39, 0.29) is 11.8 Å². The summed E-state index contributed by atoms with van der Waals surface area (Å²) in [5.41, 5.74) is 8.44. The first-order valence-electron chi connectivity index (χ1n) is 9.33. The van der Waals surface area contributed by atoms with Crippen LogP contribution in [0.15, 0.2) is 30.5 Å². The lowest BCUT2D eigenvalue weighted by Gasteiger charge is -2.46. The van der Waals surface area contributed by atoms with Gasteiger partial charge in [-0.1, -0.05) is 17.3 Å². The summed E-state index contributed by atoms with van der Waals surface area (Å²) in [4.78, 5) is 15.7. The predicted molar refractivity (Wildman–Crippen MR) is 99.3 cm³/mol. The summed E-state index contributed by atoms with van der Waals surface area (Å²) in [6.07, 6.45) is 4.25. The molecule has 5 rings (SSSR count). The number of carbonyl (C=O) groups excluding carboxylic acids is 1. The van der Waals surface area contributed by atoms with Crippen LogP contribution in [0.1, 0.15) is 12.8 Å². The Morgan fingerprint density at radius 2 is 2.27 bits per heavy atom. The Bertz CT molecular complexity index is 801. The highest BCUT2D eigenvalue weighted by molar-refractivity contribution is 5.78. The third kappa shape index (κ3) is 3.19. The second kappa shape index (κ2) is 6.72. The largest absolute Gasteiger partial charge is 0.399 e. The Labute approximate surface area is 153 Å². The van der Waals surface area contributed by atoms with Gasteiger partial charge in [0.1, 0.15) is 11.7 Å². The van der Waals surface area contributed by atoms with Crippen molar-refractivity contribution >= 4 is 11.6 Å². The average molecular weight is 355 g/mol. The van der Waals surface area contributed by atoms with Gasteiger partial charge < -0.3 is 15.5 Å². The molecular weight excluding hydrogens is 328 g/mol. The van der Waals surface area contributed by atoms with Crippen LogP contribution in [0.2, 0.25) is 0 Å². The molecule has 7 heteroatoms. The van der Waals surface area contributed by atoms with E-state index in [4.69, 9.17) is 5.73 Å². The first kappa shape index (κ1) is 17.0. The molecule has 1 aromatic heterocycles. The summed E-state index contributed by atoms with van der Waals surface area (Å²) in [7, 11) is 3.72. The highest BCUT2D eigenvalue weighted by Gasteiger charge is 2.47. The van der Waals surface area contributed by atoms with E-state index in [1.807, 2.05) is 49.2 Å². The van der Waals surface area contributed by atoms with E-state index in [0.717, 1.165) is 49.4 Å². The zero-order valence-electron chi connectivity index (χ0n) is 15.4. The number of nitrogens with two attached hydrogens (primary N) is 1. The number of fused-ring (bicyclic) bond motifs is 3. The Morgan fingerprint density at radius 1 is 1.42 bits per heavy atom. The maximum atomic E-state index is 12.4. The van der Waals surface area contributed by atoms with Crippen molar-refractivity contribution in [2.45, 2.75) is 25.4 Å². The number of hydrogen-bond donors (Lipinski definition) is 2. The van der Waals surface area contributed by atoms with Gasteiger partial charge >= 0.3 is 0 Å². The third-order valence-electron chi connectivity index (χ3n) is 5.94. The first-order valence-corrected chi connectivity index (χ1v) is 9.33. The number of hydrogen-bond acceptors (Lipinski definition) is 4. The number of nitrogen functional groups attached to an aromatic ring is 1. The third-order valence-corrected chi connectivity index (χ3v) is 5.94. The number of quaternary nitrogens is 1. The minimum atomic E-state index is 0.184. The number of piperidine rings is 3. The number of benzene rings is 1. The highest BCUT2D eigenvalue weighted by atomic mass is 16.2. The van der Waals surface area contributed by atoms with Gasteiger partial charge in [0.2, 0.25) is 5.91 Å². The lowest BCUT2D eigenvalue weighted by atomic mass is 9.75. The van der Waals surface area contributed by atoms with Gasteiger partial charge in [0.05, 0.1) is 31.7 Å². The van der Waals surface area contributed by atoms with Gasteiger partial charge in [-0.2, -0.15) is 0 Å². The molecule has 3 aliphatic rings. The standard InChI is InChI=1S/C19H26N6O/c1-23(2)19(26)17-11-24-7-6-13(17)9-16(24)10-25-12-18(21-22-25)14-4-3-5-15(20)8-14/h3-5,8,12-13,16-17H,6-7,9-11,20H2,1-2H3/p+1/t13-,16-,17+/m1/s1. The van der Waals surface area contributed by atoms with Crippen molar-refractivity contribution in [3.8, 4) is 11.3 Å². The molecule has 3 saturated heterocycles. The number of anilines is 1. The molecule has 0 aliphatic carbocycles. The number of aromatic nitrogens is 3. The molecule has 2 aromatic rings. The van der Waals surface area contributed by atoms with Crippen molar-refractivity contribution in [3.05, 3.63) is 30.5 Å². The van der Waals surface area contributed by atoms with E-state index in [1.165, 1.54) is 4.90 Å². The Hall–Kier alpha value is -2.41. The summed E-state index contributed by atoms with van der Waals surface area (Å²) in [5.74, 6) is 0.975. The smallest absolute Gasteiger partial charge is 0.231 e. The van der Waals surface area contributed by atoms with Crippen LogP contribution in [0.3, 0.4) is 0 Å². The molecule has 3 fully saturated rings. The predicted octanol–water partition coefficient (Wildman–Crippen LogP) is -0.0912. The van der Waals surface area contributed by atoms with Gasteiger partial charge in [0, 0.05) is 38.2 Å². The van der Waals surface area contributed by atoms with Crippen molar-refractivity contribution in [3.63, 3.8) is 0 Å². The van der Waals surface area contributed by atoms with E-state index < -0.39 is 0 Å². The molecule has 1 unspecified atom stereocenters. The highest BCUT2D eigenvalue weighted by Crippen LogP contribution is 2.28. The van der Waals surface area contributed by atoms with E-state index in [0.29, 0.717) is 12.0 Å². The molecule has 3 aliphatic heterocycles. The van der Waals surface area contributed by atoms with Gasteiger partial charge in [-0.3, -0.25) is 4.79 Å². The Morgan fingerprint density at radius 3 is 2.96 bits per heavy atom. The van der Waals surface area contributed by atoms with Crippen molar-refractivity contribution in [2.24, 2.45) is 11.8 Å². The van der Waals surface area contributed by atoms with Gasteiger partial charge in [-0.25, -0.2) is 4.68 Å². The lowest BCUT2D eigenvalue weighted by molar-refractivity contribution is -0.945. The maximum absolute atomic E-state index is 12.4. The SMILES string of the molecule is CN(C)C(=O)[C@H]1C[NH+]2CC[C@@H]1C[C@@H]2Cn1cc(-c2cccc(N)c2)nn1. The molecule has 1 aromatic carbocycles. The number of amides is 1. The number of rotatable bonds is 4. The fourth-order valence-electron chi connectivity index (χ4n) is 4.58. The minimum absolute atomic E-state index is 0.184.